The fourth-order valence-electron chi connectivity index (χ4n) is 2.01. The van der Waals surface area contributed by atoms with Crippen molar-refractivity contribution in [3.05, 3.63) is 35.9 Å². The molecule has 0 heterocycles. The maximum Gasteiger partial charge on any atom is 0.251 e. The van der Waals surface area contributed by atoms with Crippen molar-refractivity contribution >= 4 is 5.91 Å². The summed E-state index contributed by atoms with van der Waals surface area (Å²) in [7, 11) is 0. The van der Waals surface area contributed by atoms with Gasteiger partial charge in [0.2, 0.25) is 0 Å². The molecule has 3 heteroatoms. The van der Waals surface area contributed by atoms with E-state index in [4.69, 9.17) is 5.73 Å². The molecule has 80 valence electrons. The third-order valence-corrected chi connectivity index (χ3v) is 2.92. The highest BCUT2D eigenvalue weighted by molar-refractivity contribution is 5.94. The molecule has 2 atom stereocenters. The van der Waals surface area contributed by atoms with Crippen molar-refractivity contribution in [3.8, 4) is 0 Å². The predicted octanol–water partition coefficient (Wildman–Crippen LogP) is 1.30. The van der Waals surface area contributed by atoms with Gasteiger partial charge >= 0.3 is 0 Å². The monoisotopic (exact) mass is 204 g/mol. The number of carbonyl (C=O) groups excluding carboxylic acids is 1. The summed E-state index contributed by atoms with van der Waals surface area (Å²) in [5.41, 5.74) is 6.60. The zero-order chi connectivity index (χ0) is 10.7. The van der Waals surface area contributed by atoms with Crippen LogP contribution in [0.3, 0.4) is 0 Å². The Labute approximate surface area is 89.7 Å². The van der Waals surface area contributed by atoms with E-state index in [0.29, 0.717) is 5.56 Å². The van der Waals surface area contributed by atoms with Crippen molar-refractivity contribution in [2.24, 2.45) is 5.73 Å². The summed E-state index contributed by atoms with van der Waals surface area (Å²) >= 11 is 0. The molecule has 1 fully saturated rings. The second-order valence-electron chi connectivity index (χ2n) is 4.04. The summed E-state index contributed by atoms with van der Waals surface area (Å²) < 4.78 is 0. The molecule has 15 heavy (non-hydrogen) atoms. The molecule has 2 rings (SSSR count). The van der Waals surface area contributed by atoms with E-state index in [0.717, 1.165) is 19.3 Å². The second kappa shape index (κ2) is 4.45. The third-order valence-electron chi connectivity index (χ3n) is 2.92. The fourth-order valence-corrected chi connectivity index (χ4v) is 2.01. The highest BCUT2D eigenvalue weighted by Gasteiger charge is 2.25. The number of hydrogen-bond donors (Lipinski definition) is 2. The normalized spacial score (nSPS) is 25.1. The SMILES string of the molecule is NC1CCCC1NC(=O)c1ccccc1. The summed E-state index contributed by atoms with van der Waals surface area (Å²) in [6, 6.07) is 9.53. The van der Waals surface area contributed by atoms with Gasteiger partial charge in [-0.25, -0.2) is 0 Å². The first-order valence-electron chi connectivity index (χ1n) is 5.39. The molecule has 1 aromatic rings. The van der Waals surface area contributed by atoms with Gasteiger partial charge in [-0.15, -0.1) is 0 Å². The number of carbonyl (C=O) groups is 1. The second-order valence-corrected chi connectivity index (χ2v) is 4.04. The molecule has 0 aromatic heterocycles. The van der Waals surface area contributed by atoms with E-state index in [1.807, 2.05) is 30.3 Å². The Morgan fingerprint density at radius 1 is 1.27 bits per heavy atom. The largest absolute Gasteiger partial charge is 0.348 e. The summed E-state index contributed by atoms with van der Waals surface area (Å²) in [4.78, 5) is 11.8. The average molecular weight is 204 g/mol. The molecule has 1 aliphatic rings. The fraction of sp³-hybridized carbons (Fsp3) is 0.417. The first-order valence-corrected chi connectivity index (χ1v) is 5.39. The van der Waals surface area contributed by atoms with Crippen molar-refractivity contribution in [1.82, 2.24) is 5.32 Å². The smallest absolute Gasteiger partial charge is 0.251 e. The minimum absolute atomic E-state index is 0.0158. The van der Waals surface area contributed by atoms with Gasteiger partial charge in [-0.2, -0.15) is 0 Å². The molecule has 1 aromatic carbocycles. The minimum atomic E-state index is -0.0158. The van der Waals surface area contributed by atoms with Crippen LogP contribution in [-0.2, 0) is 0 Å². The maximum atomic E-state index is 11.8. The average Bonchev–Trinajstić information content (AvgIpc) is 2.66. The lowest BCUT2D eigenvalue weighted by Crippen LogP contribution is -2.43. The van der Waals surface area contributed by atoms with Crippen LogP contribution in [0.25, 0.3) is 0 Å². The van der Waals surface area contributed by atoms with Crippen LogP contribution in [0.15, 0.2) is 30.3 Å². The lowest BCUT2D eigenvalue weighted by molar-refractivity contribution is 0.0934. The van der Waals surface area contributed by atoms with Gasteiger partial charge in [-0.3, -0.25) is 4.79 Å². The van der Waals surface area contributed by atoms with Crippen molar-refractivity contribution in [2.45, 2.75) is 31.3 Å². The van der Waals surface area contributed by atoms with Crippen LogP contribution in [0, 0.1) is 0 Å². The van der Waals surface area contributed by atoms with Crippen LogP contribution in [-0.4, -0.2) is 18.0 Å². The van der Waals surface area contributed by atoms with Crippen LogP contribution in [0.1, 0.15) is 29.6 Å². The van der Waals surface area contributed by atoms with Gasteiger partial charge in [0.25, 0.3) is 5.91 Å². The highest BCUT2D eigenvalue weighted by Crippen LogP contribution is 2.17. The van der Waals surface area contributed by atoms with Crippen LogP contribution in [0.2, 0.25) is 0 Å². The van der Waals surface area contributed by atoms with Gasteiger partial charge in [0.1, 0.15) is 0 Å². The molecule has 0 radical (unpaired) electrons. The molecule has 3 N–H and O–H groups in total. The van der Waals surface area contributed by atoms with Crippen molar-refractivity contribution in [1.29, 1.82) is 0 Å². The Balaban J connectivity index is 1.98. The summed E-state index contributed by atoms with van der Waals surface area (Å²) in [5.74, 6) is -0.0158. The quantitative estimate of drug-likeness (QED) is 0.762. The van der Waals surface area contributed by atoms with Gasteiger partial charge in [0.15, 0.2) is 0 Å². The van der Waals surface area contributed by atoms with E-state index >= 15 is 0 Å². The number of rotatable bonds is 2. The number of nitrogens with two attached hydrogens (primary N) is 1. The molecule has 0 aliphatic heterocycles. The predicted molar refractivity (Wildman–Crippen MR) is 59.5 cm³/mol. The molecule has 0 bridgehead atoms. The highest BCUT2D eigenvalue weighted by atomic mass is 16.1. The van der Waals surface area contributed by atoms with E-state index < -0.39 is 0 Å². The van der Waals surface area contributed by atoms with Crippen LogP contribution in [0.5, 0.6) is 0 Å². The zero-order valence-corrected chi connectivity index (χ0v) is 8.65. The Morgan fingerprint density at radius 2 is 2.00 bits per heavy atom. The number of nitrogens with one attached hydrogen (secondary N) is 1. The lowest BCUT2D eigenvalue weighted by atomic mass is 10.1. The summed E-state index contributed by atoms with van der Waals surface area (Å²) in [5, 5.41) is 2.98. The Hall–Kier alpha value is -1.35. The van der Waals surface area contributed by atoms with Crippen LogP contribution < -0.4 is 11.1 Å². The van der Waals surface area contributed by atoms with E-state index in [1.165, 1.54) is 0 Å². The molecule has 0 saturated heterocycles. The standard InChI is InChI=1S/C12H16N2O/c13-10-7-4-8-11(10)14-12(15)9-5-2-1-3-6-9/h1-3,5-6,10-11H,4,7-8,13H2,(H,14,15). The van der Waals surface area contributed by atoms with E-state index in [1.54, 1.807) is 0 Å². The number of amides is 1. The Morgan fingerprint density at radius 3 is 2.60 bits per heavy atom. The van der Waals surface area contributed by atoms with Crippen molar-refractivity contribution < 1.29 is 4.79 Å². The molecule has 3 nitrogen and oxygen atoms in total. The van der Waals surface area contributed by atoms with Crippen LogP contribution in [0.4, 0.5) is 0 Å². The molecule has 1 saturated carbocycles. The van der Waals surface area contributed by atoms with Gasteiger partial charge in [0, 0.05) is 17.6 Å². The maximum absolute atomic E-state index is 11.8. The molecular weight excluding hydrogens is 188 g/mol. The van der Waals surface area contributed by atoms with E-state index in [9.17, 15) is 4.79 Å². The molecule has 1 amide bonds. The summed E-state index contributed by atoms with van der Waals surface area (Å²) in [6.45, 7) is 0. The summed E-state index contributed by atoms with van der Waals surface area (Å²) in [6.07, 6.45) is 3.13. The molecule has 1 aliphatic carbocycles. The van der Waals surface area contributed by atoms with E-state index in [2.05, 4.69) is 5.32 Å². The lowest BCUT2D eigenvalue weighted by Gasteiger charge is -2.17. The number of benzene rings is 1. The zero-order valence-electron chi connectivity index (χ0n) is 8.65. The molecular formula is C12H16N2O. The molecule has 2 unspecified atom stereocenters. The van der Waals surface area contributed by atoms with Gasteiger partial charge in [0.05, 0.1) is 0 Å². The van der Waals surface area contributed by atoms with Crippen LogP contribution >= 0.6 is 0 Å². The Bertz CT molecular complexity index is 337. The molecule has 0 spiro atoms. The topological polar surface area (TPSA) is 55.1 Å². The third kappa shape index (κ3) is 2.36. The van der Waals surface area contributed by atoms with Gasteiger partial charge in [-0.05, 0) is 31.4 Å². The minimum Gasteiger partial charge on any atom is -0.348 e. The first kappa shape index (κ1) is 10.2. The van der Waals surface area contributed by atoms with E-state index in [-0.39, 0.29) is 18.0 Å². The van der Waals surface area contributed by atoms with Crippen molar-refractivity contribution in [2.75, 3.05) is 0 Å². The Kier molecular flexibility index (Phi) is 3.02. The van der Waals surface area contributed by atoms with Gasteiger partial charge < -0.3 is 11.1 Å². The first-order chi connectivity index (χ1) is 7.27. The number of hydrogen-bond acceptors (Lipinski definition) is 2. The van der Waals surface area contributed by atoms with Gasteiger partial charge in [-0.1, -0.05) is 18.2 Å². The van der Waals surface area contributed by atoms with Crippen molar-refractivity contribution in [3.63, 3.8) is 0 Å².